The van der Waals surface area contributed by atoms with Crippen molar-refractivity contribution in [1.82, 2.24) is 9.97 Å². The molecule has 0 saturated heterocycles. The Morgan fingerprint density at radius 1 is 1.07 bits per heavy atom. The summed E-state index contributed by atoms with van der Waals surface area (Å²) < 4.78 is 6.06. The van der Waals surface area contributed by atoms with Crippen LogP contribution in [0.1, 0.15) is 31.2 Å². The molecule has 2 N–H and O–H groups in total. The molecule has 7 heteroatoms. The lowest BCUT2D eigenvalue weighted by atomic mass is 9.86. The van der Waals surface area contributed by atoms with Gasteiger partial charge in [-0.1, -0.05) is 39.0 Å². The molecule has 3 aromatic rings. The third-order valence-corrected chi connectivity index (χ3v) is 4.59. The summed E-state index contributed by atoms with van der Waals surface area (Å²) in [6, 6.07) is 10.9. The van der Waals surface area contributed by atoms with Crippen LogP contribution in [0.25, 0.3) is 0 Å². The van der Waals surface area contributed by atoms with E-state index in [9.17, 15) is 4.79 Å². The highest BCUT2D eigenvalue weighted by molar-refractivity contribution is 7.15. The molecule has 0 bridgehead atoms. The van der Waals surface area contributed by atoms with Gasteiger partial charge in [-0.15, -0.1) is 11.3 Å². The number of carbonyl (C=O) groups is 1. The number of benzene rings is 1. The zero-order chi connectivity index (χ0) is 19.4. The Bertz CT molecular complexity index is 947. The summed E-state index contributed by atoms with van der Waals surface area (Å²) in [7, 11) is 0. The molecule has 0 aliphatic carbocycles. The summed E-state index contributed by atoms with van der Waals surface area (Å²) in [5.41, 5.74) is 1.45. The number of para-hydroxylation sites is 1. The van der Waals surface area contributed by atoms with Gasteiger partial charge < -0.3 is 10.1 Å². The van der Waals surface area contributed by atoms with E-state index in [-0.39, 0.29) is 5.41 Å². The van der Waals surface area contributed by atoms with Gasteiger partial charge in [0.05, 0.1) is 0 Å². The van der Waals surface area contributed by atoms with Gasteiger partial charge in [-0.25, -0.2) is 14.8 Å². The lowest BCUT2D eigenvalue weighted by molar-refractivity contribution is 0.262. The van der Waals surface area contributed by atoms with Crippen LogP contribution in [0.5, 0.6) is 11.6 Å². The normalized spacial score (nSPS) is 11.1. The van der Waals surface area contributed by atoms with Gasteiger partial charge in [-0.05, 0) is 30.5 Å². The Hall–Kier alpha value is -2.93. The lowest BCUT2D eigenvalue weighted by Crippen LogP contribution is -2.20. The molecular weight excluding hydrogens is 360 g/mol. The monoisotopic (exact) mass is 382 g/mol. The van der Waals surface area contributed by atoms with Crippen LogP contribution in [-0.4, -0.2) is 16.0 Å². The Kier molecular flexibility index (Phi) is 5.41. The minimum Gasteiger partial charge on any atom is -0.437 e. The Labute approximate surface area is 162 Å². The number of anilines is 2. The second-order valence-electron chi connectivity index (χ2n) is 7.06. The van der Waals surface area contributed by atoms with Crippen LogP contribution in [-0.2, 0) is 5.41 Å². The number of rotatable bonds is 4. The van der Waals surface area contributed by atoms with E-state index in [2.05, 4.69) is 41.4 Å². The zero-order valence-corrected chi connectivity index (χ0v) is 16.6. The molecule has 2 amide bonds. The first-order valence-corrected chi connectivity index (χ1v) is 9.37. The minimum absolute atomic E-state index is 0.0843. The second-order valence-corrected chi connectivity index (χ2v) is 8.29. The summed E-state index contributed by atoms with van der Waals surface area (Å²) in [6.45, 7) is 8.29. The largest absolute Gasteiger partial charge is 0.437 e. The van der Waals surface area contributed by atoms with Crippen molar-refractivity contribution in [2.45, 2.75) is 33.1 Å². The lowest BCUT2D eigenvalue weighted by Gasteiger charge is -2.22. The number of nitrogens with zero attached hydrogens (tertiary/aromatic N) is 2. The van der Waals surface area contributed by atoms with Crippen molar-refractivity contribution in [2.24, 2.45) is 0 Å². The van der Waals surface area contributed by atoms with Gasteiger partial charge in [0.15, 0.2) is 5.13 Å². The number of pyridine rings is 1. The quantitative estimate of drug-likeness (QED) is 0.617. The maximum atomic E-state index is 12.3. The van der Waals surface area contributed by atoms with E-state index in [0.29, 0.717) is 22.4 Å². The molecule has 6 nitrogen and oxygen atoms in total. The fourth-order valence-electron chi connectivity index (χ4n) is 2.51. The second kappa shape index (κ2) is 7.75. The van der Waals surface area contributed by atoms with Crippen LogP contribution < -0.4 is 15.4 Å². The number of hydrogen-bond donors (Lipinski definition) is 2. The number of aromatic nitrogens is 2. The van der Waals surface area contributed by atoms with E-state index in [0.717, 1.165) is 10.4 Å². The van der Waals surface area contributed by atoms with Crippen LogP contribution >= 0.6 is 11.3 Å². The van der Waals surface area contributed by atoms with Gasteiger partial charge in [-0.3, -0.25) is 5.32 Å². The van der Waals surface area contributed by atoms with Crippen molar-refractivity contribution >= 4 is 28.2 Å². The molecule has 0 atom stereocenters. The van der Waals surface area contributed by atoms with Crippen LogP contribution in [0.15, 0.2) is 48.8 Å². The standard InChI is InChI=1S/C20H22N4O2S/c1-13-12-22-19(27-13)24-18(25)23-15-9-7-11-21-17(15)26-16-10-6-5-8-14(16)20(2,3)4/h5-12H,1-4H3,(H2,22,23,24,25). The zero-order valence-electron chi connectivity index (χ0n) is 15.7. The molecule has 0 saturated carbocycles. The average Bonchev–Trinajstić information content (AvgIpc) is 3.01. The summed E-state index contributed by atoms with van der Waals surface area (Å²) in [4.78, 5) is 21.7. The van der Waals surface area contributed by atoms with Gasteiger partial charge in [0.2, 0.25) is 5.88 Å². The molecule has 0 fully saturated rings. The van der Waals surface area contributed by atoms with Crippen LogP contribution in [0, 0.1) is 6.92 Å². The van der Waals surface area contributed by atoms with Crippen molar-refractivity contribution in [1.29, 1.82) is 0 Å². The Morgan fingerprint density at radius 2 is 1.85 bits per heavy atom. The third kappa shape index (κ3) is 4.83. The highest BCUT2D eigenvalue weighted by atomic mass is 32.1. The fraction of sp³-hybridized carbons (Fsp3) is 0.250. The van der Waals surface area contributed by atoms with E-state index in [1.807, 2.05) is 31.2 Å². The maximum Gasteiger partial charge on any atom is 0.325 e. The first-order valence-electron chi connectivity index (χ1n) is 8.56. The minimum atomic E-state index is -0.397. The molecule has 3 rings (SSSR count). The molecule has 0 aliphatic heterocycles. The number of aryl methyl sites for hydroxylation is 1. The van der Waals surface area contributed by atoms with Gasteiger partial charge in [-0.2, -0.15) is 0 Å². The van der Waals surface area contributed by atoms with Crippen molar-refractivity contribution in [3.63, 3.8) is 0 Å². The van der Waals surface area contributed by atoms with Crippen LogP contribution in [0.3, 0.4) is 0 Å². The summed E-state index contributed by atoms with van der Waals surface area (Å²) in [5, 5.41) is 6.02. The first-order chi connectivity index (χ1) is 12.8. The summed E-state index contributed by atoms with van der Waals surface area (Å²) in [5.74, 6) is 1.04. The Morgan fingerprint density at radius 3 is 2.56 bits per heavy atom. The van der Waals surface area contributed by atoms with Gasteiger partial charge >= 0.3 is 6.03 Å². The molecule has 0 unspecified atom stereocenters. The van der Waals surface area contributed by atoms with Crippen molar-refractivity contribution in [3.05, 3.63) is 59.2 Å². The molecule has 0 radical (unpaired) electrons. The number of thiazole rings is 1. The van der Waals surface area contributed by atoms with Gasteiger partial charge in [0.25, 0.3) is 0 Å². The predicted octanol–water partition coefficient (Wildman–Crippen LogP) is 5.58. The summed E-state index contributed by atoms with van der Waals surface area (Å²) in [6.07, 6.45) is 3.34. The van der Waals surface area contributed by atoms with Crippen molar-refractivity contribution < 1.29 is 9.53 Å². The van der Waals surface area contributed by atoms with Gasteiger partial charge in [0.1, 0.15) is 11.4 Å². The molecular formula is C20H22N4O2S. The predicted molar refractivity (Wildman–Crippen MR) is 109 cm³/mol. The Balaban J connectivity index is 1.80. The number of ether oxygens (including phenoxy) is 1. The smallest absolute Gasteiger partial charge is 0.325 e. The number of amides is 2. The highest BCUT2D eigenvalue weighted by Gasteiger charge is 2.20. The molecule has 27 heavy (non-hydrogen) atoms. The number of nitrogens with one attached hydrogen (secondary N) is 2. The van der Waals surface area contributed by atoms with Crippen LogP contribution in [0.4, 0.5) is 15.6 Å². The fourth-order valence-corrected chi connectivity index (χ4v) is 3.17. The van der Waals surface area contributed by atoms with E-state index in [4.69, 9.17) is 4.74 Å². The van der Waals surface area contributed by atoms with E-state index in [1.54, 1.807) is 24.5 Å². The summed E-state index contributed by atoms with van der Waals surface area (Å²) >= 11 is 1.41. The number of carbonyl (C=O) groups excluding carboxylic acids is 1. The third-order valence-electron chi connectivity index (χ3n) is 3.76. The van der Waals surface area contributed by atoms with E-state index in [1.165, 1.54) is 11.3 Å². The molecule has 2 aromatic heterocycles. The highest BCUT2D eigenvalue weighted by Crippen LogP contribution is 2.35. The first kappa shape index (κ1) is 18.8. The molecule has 2 heterocycles. The number of hydrogen-bond acceptors (Lipinski definition) is 5. The maximum absolute atomic E-state index is 12.3. The molecule has 0 aliphatic rings. The van der Waals surface area contributed by atoms with E-state index >= 15 is 0 Å². The van der Waals surface area contributed by atoms with Gasteiger partial charge in [0, 0.05) is 22.8 Å². The topological polar surface area (TPSA) is 76.1 Å². The molecule has 0 spiro atoms. The molecule has 1 aromatic carbocycles. The van der Waals surface area contributed by atoms with Crippen molar-refractivity contribution in [2.75, 3.05) is 10.6 Å². The van der Waals surface area contributed by atoms with Crippen LogP contribution in [0.2, 0.25) is 0 Å². The SMILES string of the molecule is Cc1cnc(NC(=O)Nc2cccnc2Oc2ccccc2C(C)(C)C)s1. The average molecular weight is 382 g/mol. The van der Waals surface area contributed by atoms with Crippen molar-refractivity contribution in [3.8, 4) is 11.6 Å². The van der Waals surface area contributed by atoms with E-state index < -0.39 is 6.03 Å². The number of urea groups is 1. The molecule has 140 valence electrons.